The van der Waals surface area contributed by atoms with Gasteiger partial charge >= 0.3 is 0 Å². The quantitative estimate of drug-likeness (QED) is 0.498. The molecule has 8 heteroatoms. The van der Waals surface area contributed by atoms with Gasteiger partial charge in [-0.25, -0.2) is 14.4 Å². The van der Waals surface area contributed by atoms with Crippen LogP contribution in [0.1, 0.15) is 11.1 Å². The molecule has 1 N–H and O–H groups in total. The monoisotopic (exact) mass is 418 g/mol. The maximum atomic E-state index is 13.8. The number of rotatable bonds is 6. The van der Waals surface area contributed by atoms with Crippen molar-refractivity contribution in [2.75, 3.05) is 12.4 Å². The molecular weight excluding hydrogens is 399 g/mol. The van der Waals surface area contributed by atoms with Gasteiger partial charge in [0.25, 0.3) is 0 Å². The van der Waals surface area contributed by atoms with Crippen molar-refractivity contribution in [1.29, 1.82) is 0 Å². The number of aryl methyl sites for hydroxylation is 1. The van der Waals surface area contributed by atoms with Crippen LogP contribution in [0.3, 0.4) is 0 Å². The van der Waals surface area contributed by atoms with Gasteiger partial charge in [0, 0.05) is 17.3 Å². The number of nitrogens with zero attached hydrogens (tertiary/aromatic N) is 3. The second-order valence-corrected chi connectivity index (χ2v) is 6.83. The molecule has 31 heavy (non-hydrogen) atoms. The van der Waals surface area contributed by atoms with Gasteiger partial charge in [-0.3, -0.25) is 10.1 Å². The summed E-state index contributed by atoms with van der Waals surface area (Å²) in [7, 11) is 1.55. The Morgan fingerprint density at radius 1 is 1.19 bits per heavy atom. The highest BCUT2D eigenvalue weighted by Crippen LogP contribution is 2.37. The number of hydrogen-bond donors (Lipinski definition) is 1. The van der Waals surface area contributed by atoms with Crippen LogP contribution in [-0.2, 0) is 11.2 Å². The van der Waals surface area contributed by atoms with E-state index in [-0.39, 0.29) is 24.0 Å². The van der Waals surface area contributed by atoms with Gasteiger partial charge < -0.3 is 9.26 Å². The summed E-state index contributed by atoms with van der Waals surface area (Å²) in [6.45, 7) is 1.67. The zero-order valence-corrected chi connectivity index (χ0v) is 16.9. The van der Waals surface area contributed by atoms with Crippen LogP contribution in [0.2, 0.25) is 0 Å². The lowest BCUT2D eigenvalue weighted by molar-refractivity contribution is -0.115. The Hall–Kier alpha value is -4.07. The van der Waals surface area contributed by atoms with Crippen molar-refractivity contribution in [3.8, 4) is 28.3 Å². The number of benzene rings is 2. The van der Waals surface area contributed by atoms with Crippen molar-refractivity contribution in [2.24, 2.45) is 0 Å². The fraction of sp³-hybridized carbons (Fsp3) is 0.130. The Bertz CT molecular complexity index is 1220. The summed E-state index contributed by atoms with van der Waals surface area (Å²) in [5.41, 5.74) is 3.29. The molecule has 2 aromatic heterocycles. The average molecular weight is 418 g/mol. The SMILES string of the molecule is COc1ccccc1CC(=O)Nc1onc(-c2ccc(F)c(C)c2)c1-c1ccncn1. The summed E-state index contributed by atoms with van der Waals surface area (Å²) in [6, 6.07) is 13.6. The van der Waals surface area contributed by atoms with Crippen LogP contribution < -0.4 is 10.1 Å². The molecule has 0 unspecified atom stereocenters. The van der Waals surface area contributed by atoms with E-state index in [0.717, 1.165) is 5.56 Å². The molecule has 0 atom stereocenters. The molecule has 0 saturated carbocycles. The average Bonchev–Trinajstić information content (AvgIpc) is 3.20. The summed E-state index contributed by atoms with van der Waals surface area (Å²) in [6.07, 6.45) is 3.05. The number of para-hydroxylation sites is 1. The highest BCUT2D eigenvalue weighted by atomic mass is 19.1. The van der Waals surface area contributed by atoms with Gasteiger partial charge in [0.1, 0.15) is 23.6 Å². The predicted octanol–water partition coefficient (Wildman–Crippen LogP) is 4.44. The van der Waals surface area contributed by atoms with Crippen molar-refractivity contribution in [1.82, 2.24) is 15.1 Å². The van der Waals surface area contributed by atoms with Crippen LogP contribution in [0, 0.1) is 12.7 Å². The number of ether oxygens (including phenoxy) is 1. The van der Waals surface area contributed by atoms with E-state index in [0.29, 0.717) is 33.8 Å². The van der Waals surface area contributed by atoms with Crippen LogP contribution in [-0.4, -0.2) is 28.1 Å². The Kier molecular flexibility index (Phi) is 5.70. The second kappa shape index (κ2) is 8.74. The van der Waals surface area contributed by atoms with Crippen LogP contribution in [0.4, 0.5) is 10.3 Å². The van der Waals surface area contributed by atoms with Crippen LogP contribution in [0.25, 0.3) is 22.5 Å². The Balaban J connectivity index is 1.70. The fourth-order valence-electron chi connectivity index (χ4n) is 3.23. The number of halogens is 1. The minimum Gasteiger partial charge on any atom is -0.496 e. The summed E-state index contributed by atoms with van der Waals surface area (Å²) in [4.78, 5) is 20.9. The van der Waals surface area contributed by atoms with Gasteiger partial charge in [-0.1, -0.05) is 23.4 Å². The van der Waals surface area contributed by atoms with E-state index < -0.39 is 0 Å². The molecule has 1 amide bonds. The first-order valence-corrected chi connectivity index (χ1v) is 9.51. The molecule has 0 bridgehead atoms. The lowest BCUT2D eigenvalue weighted by Crippen LogP contribution is -2.15. The summed E-state index contributed by atoms with van der Waals surface area (Å²) < 4.78 is 24.5. The number of methoxy groups -OCH3 is 1. The molecule has 7 nitrogen and oxygen atoms in total. The molecule has 156 valence electrons. The Morgan fingerprint density at radius 3 is 2.77 bits per heavy atom. The molecule has 0 aliphatic rings. The zero-order valence-electron chi connectivity index (χ0n) is 16.9. The molecule has 0 aliphatic heterocycles. The van der Waals surface area contributed by atoms with E-state index in [2.05, 4.69) is 20.4 Å². The van der Waals surface area contributed by atoms with Crippen molar-refractivity contribution < 1.29 is 18.4 Å². The van der Waals surface area contributed by atoms with Crippen molar-refractivity contribution in [3.05, 3.63) is 78.0 Å². The molecule has 2 heterocycles. The van der Waals surface area contributed by atoms with E-state index in [4.69, 9.17) is 9.26 Å². The summed E-state index contributed by atoms with van der Waals surface area (Å²) >= 11 is 0. The molecule has 0 saturated heterocycles. The first-order chi connectivity index (χ1) is 15.1. The standard InChI is InChI=1S/C23H19FN4O3/c1-14-11-16(7-8-17(14)24)22-21(18-9-10-25-13-26-18)23(31-28-22)27-20(29)12-15-5-3-4-6-19(15)30-2/h3-11,13H,12H2,1-2H3,(H,27,29). The van der Waals surface area contributed by atoms with Crippen LogP contribution in [0.5, 0.6) is 5.75 Å². The maximum Gasteiger partial charge on any atom is 0.241 e. The van der Waals surface area contributed by atoms with Crippen molar-refractivity contribution in [3.63, 3.8) is 0 Å². The van der Waals surface area contributed by atoms with E-state index in [1.54, 1.807) is 44.5 Å². The van der Waals surface area contributed by atoms with E-state index in [1.807, 2.05) is 18.2 Å². The molecule has 0 spiro atoms. The van der Waals surface area contributed by atoms with Gasteiger partial charge in [-0.2, -0.15) is 0 Å². The Morgan fingerprint density at radius 2 is 2.03 bits per heavy atom. The lowest BCUT2D eigenvalue weighted by Gasteiger charge is -2.09. The maximum absolute atomic E-state index is 13.8. The summed E-state index contributed by atoms with van der Waals surface area (Å²) in [5, 5.41) is 6.90. The second-order valence-electron chi connectivity index (χ2n) is 6.83. The molecule has 2 aromatic carbocycles. The summed E-state index contributed by atoms with van der Waals surface area (Å²) in [5.74, 6) is 0.142. The topological polar surface area (TPSA) is 90.1 Å². The van der Waals surface area contributed by atoms with E-state index in [9.17, 15) is 9.18 Å². The van der Waals surface area contributed by atoms with E-state index in [1.165, 1.54) is 12.4 Å². The van der Waals surface area contributed by atoms with Crippen LogP contribution >= 0.6 is 0 Å². The number of carbonyl (C=O) groups excluding carboxylic acids is 1. The largest absolute Gasteiger partial charge is 0.496 e. The molecule has 0 fully saturated rings. The Labute approximate surface area is 177 Å². The number of hydrogen-bond acceptors (Lipinski definition) is 6. The highest BCUT2D eigenvalue weighted by Gasteiger charge is 2.23. The van der Waals surface area contributed by atoms with Crippen molar-refractivity contribution >= 4 is 11.8 Å². The van der Waals surface area contributed by atoms with Gasteiger partial charge in [0.2, 0.25) is 11.8 Å². The minimum atomic E-state index is -0.318. The molecule has 0 radical (unpaired) electrons. The molecule has 0 aliphatic carbocycles. The van der Waals surface area contributed by atoms with Crippen LogP contribution in [0.15, 0.2) is 65.6 Å². The van der Waals surface area contributed by atoms with Crippen molar-refractivity contribution in [2.45, 2.75) is 13.3 Å². The van der Waals surface area contributed by atoms with Gasteiger partial charge in [-0.05, 0) is 42.8 Å². The number of aromatic nitrogens is 3. The third-order valence-electron chi connectivity index (χ3n) is 4.76. The molecule has 4 rings (SSSR count). The highest BCUT2D eigenvalue weighted by molar-refractivity contribution is 5.97. The fourth-order valence-corrected chi connectivity index (χ4v) is 3.23. The first-order valence-electron chi connectivity index (χ1n) is 9.51. The number of amides is 1. The number of anilines is 1. The normalized spacial score (nSPS) is 10.7. The smallest absolute Gasteiger partial charge is 0.241 e. The third kappa shape index (κ3) is 4.28. The van der Waals surface area contributed by atoms with Gasteiger partial charge in [-0.15, -0.1) is 0 Å². The van der Waals surface area contributed by atoms with Gasteiger partial charge in [0.15, 0.2) is 0 Å². The minimum absolute atomic E-state index is 0.0823. The molecular formula is C23H19FN4O3. The number of nitrogens with one attached hydrogen (secondary N) is 1. The van der Waals surface area contributed by atoms with Gasteiger partial charge in [0.05, 0.1) is 24.8 Å². The third-order valence-corrected chi connectivity index (χ3v) is 4.76. The lowest BCUT2D eigenvalue weighted by atomic mass is 10.0. The first kappa shape index (κ1) is 20.2. The number of carbonyl (C=O) groups is 1. The zero-order chi connectivity index (χ0) is 21.8. The van der Waals surface area contributed by atoms with E-state index >= 15 is 0 Å². The predicted molar refractivity (Wildman–Crippen MR) is 113 cm³/mol. The molecule has 4 aromatic rings.